The van der Waals surface area contributed by atoms with Crippen molar-refractivity contribution < 1.29 is 0 Å². The molecule has 1 nitrogen and oxygen atoms in total. The number of likely N-dealkylation sites (tertiary alicyclic amines) is 1. The molecule has 1 aliphatic heterocycles. The van der Waals surface area contributed by atoms with Crippen molar-refractivity contribution in [3.63, 3.8) is 0 Å². The quantitative estimate of drug-likeness (QED) is 0.753. The van der Waals surface area contributed by atoms with Crippen LogP contribution >= 0.6 is 15.9 Å². The van der Waals surface area contributed by atoms with Gasteiger partial charge in [-0.15, -0.1) is 0 Å². The second-order valence-corrected chi connectivity index (χ2v) is 5.81. The average Bonchev–Trinajstić information content (AvgIpc) is 2.75. The van der Waals surface area contributed by atoms with Crippen LogP contribution in [0, 0.1) is 0 Å². The number of hydrogen-bond acceptors (Lipinski definition) is 1. The summed E-state index contributed by atoms with van der Waals surface area (Å²) >= 11 is 3.68. The van der Waals surface area contributed by atoms with Crippen LogP contribution in [0.2, 0.25) is 0 Å². The second kappa shape index (κ2) is 4.50. The summed E-state index contributed by atoms with van der Waals surface area (Å²) in [5.74, 6) is 0. The molecular weight excluding hydrogens is 262 g/mol. The van der Waals surface area contributed by atoms with Gasteiger partial charge in [0.15, 0.2) is 0 Å². The highest BCUT2D eigenvalue weighted by molar-refractivity contribution is 9.10. The third-order valence-corrected chi connectivity index (χ3v) is 4.76. The molecule has 2 heteroatoms. The highest BCUT2D eigenvalue weighted by Gasteiger charge is 2.29. The maximum atomic E-state index is 3.68. The molecule has 0 bridgehead atoms. The Bertz CT molecular complexity index is 382. The SMILES string of the molecule is Brc1cccc2c1CCC2N1CCCCC1. The fraction of sp³-hybridized carbons (Fsp3) is 0.571. The first kappa shape index (κ1) is 10.8. The lowest BCUT2D eigenvalue weighted by atomic mass is 10.0. The van der Waals surface area contributed by atoms with E-state index in [9.17, 15) is 0 Å². The first-order valence-corrected chi connectivity index (χ1v) is 7.17. The van der Waals surface area contributed by atoms with Crippen molar-refractivity contribution in [2.75, 3.05) is 13.1 Å². The number of nitrogens with zero attached hydrogens (tertiary/aromatic N) is 1. The van der Waals surface area contributed by atoms with Gasteiger partial charge in [0.1, 0.15) is 0 Å². The van der Waals surface area contributed by atoms with E-state index in [4.69, 9.17) is 0 Å². The van der Waals surface area contributed by atoms with E-state index in [-0.39, 0.29) is 0 Å². The molecule has 0 N–H and O–H groups in total. The van der Waals surface area contributed by atoms with Gasteiger partial charge in [0.25, 0.3) is 0 Å². The minimum Gasteiger partial charge on any atom is -0.296 e. The van der Waals surface area contributed by atoms with Gasteiger partial charge >= 0.3 is 0 Å². The Hall–Kier alpha value is -0.340. The van der Waals surface area contributed by atoms with E-state index in [0.29, 0.717) is 6.04 Å². The summed E-state index contributed by atoms with van der Waals surface area (Å²) < 4.78 is 1.31. The minimum absolute atomic E-state index is 0.702. The summed E-state index contributed by atoms with van der Waals surface area (Å²) in [5.41, 5.74) is 3.13. The highest BCUT2D eigenvalue weighted by Crippen LogP contribution is 2.39. The molecule has 0 radical (unpaired) electrons. The topological polar surface area (TPSA) is 3.24 Å². The summed E-state index contributed by atoms with van der Waals surface area (Å²) in [6.07, 6.45) is 6.77. The molecule has 2 aliphatic rings. The average molecular weight is 280 g/mol. The Labute approximate surface area is 106 Å². The monoisotopic (exact) mass is 279 g/mol. The number of rotatable bonds is 1. The van der Waals surface area contributed by atoms with Crippen LogP contribution in [0.15, 0.2) is 22.7 Å². The van der Waals surface area contributed by atoms with Crippen molar-refractivity contribution in [2.24, 2.45) is 0 Å². The molecule has 16 heavy (non-hydrogen) atoms. The molecule has 1 aromatic carbocycles. The zero-order chi connectivity index (χ0) is 11.0. The van der Waals surface area contributed by atoms with Gasteiger partial charge in [0, 0.05) is 10.5 Å². The van der Waals surface area contributed by atoms with Crippen LogP contribution in [0.5, 0.6) is 0 Å². The lowest BCUT2D eigenvalue weighted by molar-refractivity contribution is 0.163. The lowest BCUT2D eigenvalue weighted by Gasteiger charge is -2.32. The molecule has 86 valence electrons. The predicted octanol–water partition coefficient (Wildman–Crippen LogP) is 3.92. The van der Waals surface area contributed by atoms with Crippen LogP contribution in [0.1, 0.15) is 42.9 Å². The van der Waals surface area contributed by atoms with E-state index in [1.54, 1.807) is 11.1 Å². The van der Waals surface area contributed by atoms with Gasteiger partial charge in [0.2, 0.25) is 0 Å². The zero-order valence-electron chi connectivity index (χ0n) is 9.58. The summed E-state index contributed by atoms with van der Waals surface area (Å²) in [7, 11) is 0. The largest absolute Gasteiger partial charge is 0.296 e. The third-order valence-electron chi connectivity index (χ3n) is 4.01. The van der Waals surface area contributed by atoms with E-state index in [2.05, 4.69) is 39.0 Å². The first-order valence-electron chi connectivity index (χ1n) is 6.37. The predicted molar refractivity (Wildman–Crippen MR) is 70.6 cm³/mol. The molecule has 0 amide bonds. The van der Waals surface area contributed by atoms with Crippen molar-refractivity contribution in [1.82, 2.24) is 4.90 Å². The molecule has 3 rings (SSSR count). The Morgan fingerprint density at radius 2 is 1.94 bits per heavy atom. The van der Waals surface area contributed by atoms with Crippen LogP contribution < -0.4 is 0 Å². The fourth-order valence-corrected chi connectivity index (χ4v) is 3.78. The minimum atomic E-state index is 0.702. The summed E-state index contributed by atoms with van der Waals surface area (Å²) in [4.78, 5) is 2.70. The van der Waals surface area contributed by atoms with E-state index >= 15 is 0 Å². The van der Waals surface area contributed by atoms with E-state index in [0.717, 1.165) is 0 Å². The van der Waals surface area contributed by atoms with Crippen LogP contribution in [-0.2, 0) is 6.42 Å². The lowest BCUT2D eigenvalue weighted by Crippen LogP contribution is -2.32. The molecule has 0 spiro atoms. The van der Waals surface area contributed by atoms with E-state index in [1.165, 1.54) is 49.7 Å². The molecular formula is C14H18BrN. The Balaban J connectivity index is 1.87. The summed E-state index contributed by atoms with van der Waals surface area (Å²) in [5, 5.41) is 0. The number of benzene rings is 1. The van der Waals surface area contributed by atoms with Gasteiger partial charge in [-0.3, -0.25) is 4.90 Å². The Morgan fingerprint density at radius 1 is 1.12 bits per heavy atom. The van der Waals surface area contributed by atoms with Gasteiger partial charge < -0.3 is 0 Å². The van der Waals surface area contributed by atoms with Crippen molar-refractivity contribution in [1.29, 1.82) is 0 Å². The highest BCUT2D eigenvalue weighted by atomic mass is 79.9. The standard InChI is InChI=1S/C14H18BrN/c15-13-6-4-5-12-11(13)7-8-14(12)16-9-2-1-3-10-16/h4-6,14H,1-3,7-10H2. The zero-order valence-corrected chi connectivity index (χ0v) is 11.2. The van der Waals surface area contributed by atoms with Crippen molar-refractivity contribution in [3.05, 3.63) is 33.8 Å². The maximum Gasteiger partial charge on any atom is 0.0354 e. The van der Waals surface area contributed by atoms with Gasteiger partial charge in [0.05, 0.1) is 0 Å². The molecule has 1 atom stereocenters. The Kier molecular flexibility index (Phi) is 3.03. The fourth-order valence-electron chi connectivity index (χ4n) is 3.20. The van der Waals surface area contributed by atoms with Crippen LogP contribution in [0.4, 0.5) is 0 Å². The first-order chi connectivity index (χ1) is 7.86. The van der Waals surface area contributed by atoms with Gasteiger partial charge in [-0.05, 0) is 56.0 Å². The number of halogens is 1. The van der Waals surface area contributed by atoms with E-state index in [1.807, 2.05) is 0 Å². The van der Waals surface area contributed by atoms with Crippen LogP contribution in [0.25, 0.3) is 0 Å². The molecule has 1 saturated heterocycles. The number of fused-ring (bicyclic) bond motifs is 1. The molecule has 0 aromatic heterocycles. The molecule has 1 aliphatic carbocycles. The Morgan fingerprint density at radius 3 is 2.75 bits per heavy atom. The van der Waals surface area contributed by atoms with Gasteiger partial charge in [-0.2, -0.15) is 0 Å². The van der Waals surface area contributed by atoms with Crippen molar-refractivity contribution in [3.8, 4) is 0 Å². The molecule has 0 saturated carbocycles. The molecule has 1 unspecified atom stereocenters. The van der Waals surface area contributed by atoms with Crippen molar-refractivity contribution >= 4 is 15.9 Å². The van der Waals surface area contributed by atoms with E-state index < -0.39 is 0 Å². The molecule has 1 fully saturated rings. The normalized spacial score (nSPS) is 25.7. The summed E-state index contributed by atoms with van der Waals surface area (Å²) in [6.45, 7) is 2.60. The number of piperidine rings is 1. The molecule has 1 aromatic rings. The van der Waals surface area contributed by atoms with Crippen LogP contribution in [-0.4, -0.2) is 18.0 Å². The summed E-state index contributed by atoms with van der Waals surface area (Å²) in [6, 6.07) is 7.39. The van der Waals surface area contributed by atoms with Gasteiger partial charge in [-0.1, -0.05) is 34.5 Å². The van der Waals surface area contributed by atoms with Gasteiger partial charge in [-0.25, -0.2) is 0 Å². The number of hydrogen-bond donors (Lipinski definition) is 0. The smallest absolute Gasteiger partial charge is 0.0354 e. The molecule has 1 heterocycles. The third kappa shape index (κ3) is 1.82. The van der Waals surface area contributed by atoms with Crippen molar-refractivity contribution in [2.45, 2.75) is 38.1 Å². The van der Waals surface area contributed by atoms with Crippen LogP contribution in [0.3, 0.4) is 0 Å². The maximum absolute atomic E-state index is 3.68. The second-order valence-electron chi connectivity index (χ2n) is 4.96.